The molecule has 1 aliphatic heterocycles. The summed E-state index contributed by atoms with van der Waals surface area (Å²) in [5.74, 6) is -0.564. The summed E-state index contributed by atoms with van der Waals surface area (Å²) in [6.45, 7) is 5.59. The van der Waals surface area contributed by atoms with Gasteiger partial charge in [0.25, 0.3) is 5.91 Å². The van der Waals surface area contributed by atoms with Gasteiger partial charge >= 0.3 is 0 Å². The molecule has 0 radical (unpaired) electrons. The lowest BCUT2D eigenvalue weighted by atomic mass is 9.86. The number of hydrogen-bond acceptors (Lipinski definition) is 8. The number of fused-ring (bicyclic) bond motifs is 1. The number of anilines is 5. The van der Waals surface area contributed by atoms with Crippen molar-refractivity contribution in [3.05, 3.63) is 65.6 Å². The second-order valence-corrected chi connectivity index (χ2v) is 10.4. The minimum atomic E-state index is -0.725. The maximum atomic E-state index is 14.6. The smallest absolute Gasteiger partial charge is 0.251 e. The Balaban J connectivity index is 1.27. The number of amides is 2. The quantitative estimate of drug-likeness (QED) is 0.287. The van der Waals surface area contributed by atoms with Gasteiger partial charge in [0.15, 0.2) is 11.6 Å². The summed E-state index contributed by atoms with van der Waals surface area (Å²) >= 11 is 0. The summed E-state index contributed by atoms with van der Waals surface area (Å²) < 4.78 is 25.1. The first-order valence-corrected chi connectivity index (χ1v) is 13.3. The van der Waals surface area contributed by atoms with E-state index in [0.717, 1.165) is 30.3 Å². The number of methoxy groups -OCH3 is 1. The summed E-state index contributed by atoms with van der Waals surface area (Å²) in [4.78, 5) is 35.5. The highest BCUT2D eigenvalue weighted by Gasteiger charge is 2.43. The molecule has 1 aliphatic carbocycles. The number of halogens is 1. The molecule has 0 spiro atoms. The maximum absolute atomic E-state index is 14.6. The van der Waals surface area contributed by atoms with E-state index in [1.807, 2.05) is 32.0 Å². The molecule has 3 N–H and O–H groups in total. The van der Waals surface area contributed by atoms with Crippen LogP contribution in [0.3, 0.4) is 0 Å². The van der Waals surface area contributed by atoms with E-state index in [1.54, 1.807) is 36.3 Å². The highest BCUT2D eigenvalue weighted by atomic mass is 19.1. The van der Waals surface area contributed by atoms with Gasteiger partial charge in [-0.1, -0.05) is 0 Å². The minimum Gasteiger partial charge on any atom is -0.382 e. The van der Waals surface area contributed by atoms with Crippen LogP contribution < -0.4 is 20.9 Å². The molecule has 0 atom stereocenters. The van der Waals surface area contributed by atoms with Crippen molar-refractivity contribution in [2.45, 2.75) is 38.1 Å². The van der Waals surface area contributed by atoms with E-state index in [4.69, 9.17) is 9.47 Å². The van der Waals surface area contributed by atoms with Crippen molar-refractivity contribution in [1.82, 2.24) is 15.3 Å². The Bertz CT molecular complexity index is 1390. The monoisotopic (exact) mass is 548 g/mol. The molecule has 1 saturated carbocycles. The van der Waals surface area contributed by atoms with E-state index in [0.29, 0.717) is 43.3 Å². The van der Waals surface area contributed by atoms with E-state index in [2.05, 4.69) is 25.9 Å². The SMILES string of the molecule is COCCOCCN1C(=O)C(C)(C)c2cc(Nc3ncc(F)c(Nc4ccc(C(=O)NC5CC5)cc4)n3)ccc21. The first-order valence-electron chi connectivity index (χ1n) is 13.3. The molecule has 210 valence electrons. The number of benzene rings is 2. The molecule has 10 nitrogen and oxygen atoms in total. The standard InChI is InChI=1S/C29H33FN6O4/c1-29(2)22-16-21(10-11-24(22)36(27(29)38)12-13-40-15-14-39-3)34-28-31-17-23(30)25(35-28)32-19-6-4-18(5-7-19)26(37)33-20-8-9-20/h4-7,10-11,16-17,20H,8-9,12-15H2,1-3H3,(H,33,37)(H2,31,32,34,35). The number of ether oxygens (including phenoxy) is 2. The van der Waals surface area contributed by atoms with Crippen LogP contribution in [-0.2, 0) is 19.7 Å². The van der Waals surface area contributed by atoms with E-state index in [1.165, 1.54) is 0 Å². The van der Waals surface area contributed by atoms with Gasteiger partial charge in [-0.2, -0.15) is 4.98 Å². The van der Waals surface area contributed by atoms with Crippen molar-refractivity contribution >= 4 is 40.6 Å². The highest BCUT2D eigenvalue weighted by molar-refractivity contribution is 6.08. The van der Waals surface area contributed by atoms with Crippen LogP contribution in [0.2, 0.25) is 0 Å². The fourth-order valence-electron chi connectivity index (χ4n) is 4.52. The summed E-state index contributed by atoms with van der Waals surface area (Å²) in [7, 11) is 1.61. The molecule has 2 heterocycles. The summed E-state index contributed by atoms with van der Waals surface area (Å²) in [6.07, 6.45) is 3.11. The van der Waals surface area contributed by atoms with Crippen LogP contribution in [0.1, 0.15) is 42.6 Å². The number of hydrogen-bond donors (Lipinski definition) is 3. The van der Waals surface area contributed by atoms with Crippen molar-refractivity contribution in [1.29, 1.82) is 0 Å². The van der Waals surface area contributed by atoms with Crippen LogP contribution in [0.4, 0.5) is 33.2 Å². The average Bonchev–Trinajstić information content (AvgIpc) is 3.74. The van der Waals surface area contributed by atoms with Gasteiger partial charge < -0.3 is 30.3 Å². The molecule has 1 fully saturated rings. The third kappa shape index (κ3) is 6.05. The predicted molar refractivity (Wildman–Crippen MR) is 150 cm³/mol. The van der Waals surface area contributed by atoms with E-state index in [-0.39, 0.29) is 29.6 Å². The van der Waals surface area contributed by atoms with Gasteiger partial charge in [0.05, 0.1) is 31.4 Å². The molecular weight excluding hydrogens is 515 g/mol. The second-order valence-electron chi connectivity index (χ2n) is 10.4. The van der Waals surface area contributed by atoms with Crippen molar-refractivity contribution in [3.63, 3.8) is 0 Å². The number of rotatable bonds is 12. The minimum absolute atomic E-state index is 0.00412. The van der Waals surface area contributed by atoms with Crippen LogP contribution in [0.5, 0.6) is 0 Å². The molecule has 2 amide bonds. The molecule has 11 heteroatoms. The average molecular weight is 549 g/mol. The second kappa shape index (κ2) is 11.6. The first kappa shape index (κ1) is 27.5. The molecular formula is C29H33FN6O4. The van der Waals surface area contributed by atoms with Gasteiger partial charge in [-0.25, -0.2) is 9.37 Å². The van der Waals surface area contributed by atoms with Gasteiger partial charge in [0, 0.05) is 42.3 Å². The third-order valence-corrected chi connectivity index (χ3v) is 6.95. The largest absolute Gasteiger partial charge is 0.382 e. The Labute approximate surface area is 232 Å². The van der Waals surface area contributed by atoms with Crippen LogP contribution in [0, 0.1) is 5.82 Å². The lowest BCUT2D eigenvalue weighted by Crippen LogP contribution is -2.38. The van der Waals surface area contributed by atoms with Crippen molar-refractivity contribution in [2.24, 2.45) is 0 Å². The molecule has 2 aromatic carbocycles. The van der Waals surface area contributed by atoms with Crippen molar-refractivity contribution in [3.8, 4) is 0 Å². The van der Waals surface area contributed by atoms with Crippen LogP contribution >= 0.6 is 0 Å². The number of carbonyl (C=O) groups excluding carboxylic acids is 2. The van der Waals surface area contributed by atoms with Gasteiger partial charge in [-0.3, -0.25) is 9.59 Å². The molecule has 0 saturated heterocycles. The van der Waals surface area contributed by atoms with Gasteiger partial charge in [-0.05, 0) is 74.7 Å². The Hall–Kier alpha value is -4.09. The zero-order chi connectivity index (χ0) is 28.3. The fraction of sp³-hybridized carbons (Fsp3) is 0.379. The number of carbonyl (C=O) groups is 2. The van der Waals surface area contributed by atoms with Crippen LogP contribution in [0.25, 0.3) is 0 Å². The summed E-state index contributed by atoms with van der Waals surface area (Å²) in [6, 6.07) is 12.6. The van der Waals surface area contributed by atoms with Gasteiger partial charge in [-0.15, -0.1) is 0 Å². The number of aromatic nitrogens is 2. The Kier molecular flexibility index (Phi) is 7.95. The van der Waals surface area contributed by atoms with Crippen LogP contribution in [-0.4, -0.2) is 61.3 Å². The molecule has 0 unspecified atom stereocenters. The summed E-state index contributed by atoms with van der Waals surface area (Å²) in [5.41, 5.74) is 2.76. The molecule has 2 aliphatic rings. The lowest BCUT2D eigenvalue weighted by molar-refractivity contribution is -0.122. The Morgan fingerprint density at radius 3 is 2.55 bits per heavy atom. The normalized spacial score (nSPS) is 15.6. The van der Waals surface area contributed by atoms with Gasteiger partial charge in [0.2, 0.25) is 11.9 Å². The molecule has 0 bridgehead atoms. The maximum Gasteiger partial charge on any atom is 0.251 e. The highest BCUT2D eigenvalue weighted by Crippen LogP contribution is 2.43. The van der Waals surface area contributed by atoms with Crippen molar-refractivity contribution in [2.75, 3.05) is 49.0 Å². The first-order chi connectivity index (χ1) is 19.3. The molecule has 1 aromatic heterocycles. The predicted octanol–water partition coefficient (Wildman–Crippen LogP) is 4.28. The third-order valence-electron chi connectivity index (χ3n) is 6.95. The topological polar surface area (TPSA) is 118 Å². The van der Waals surface area contributed by atoms with Gasteiger partial charge in [0.1, 0.15) is 0 Å². The molecule has 3 aromatic rings. The Morgan fingerprint density at radius 1 is 1.07 bits per heavy atom. The number of nitrogens with zero attached hydrogens (tertiary/aromatic N) is 3. The summed E-state index contributed by atoms with van der Waals surface area (Å²) in [5, 5.41) is 9.01. The van der Waals surface area contributed by atoms with E-state index in [9.17, 15) is 14.0 Å². The Morgan fingerprint density at radius 2 is 1.82 bits per heavy atom. The fourth-order valence-corrected chi connectivity index (χ4v) is 4.52. The zero-order valence-corrected chi connectivity index (χ0v) is 22.8. The molecule has 40 heavy (non-hydrogen) atoms. The van der Waals surface area contributed by atoms with Crippen molar-refractivity contribution < 1.29 is 23.5 Å². The molecule has 5 rings (SSSR count). The number of nitrogens with one attached hydrogen (secondary N) is 3. The van der Waals surface area contributed by atoms with E-state index >= 15 is 0 Å². The zero-order valence-electron chi connectivity index (χ0n) is 22.8. The van der Waals surface area contributed by atoms with Crippen LogP contribution in [0.15, 0.2) is 48.7 Å². The van der Waals surface area contributed by atoms with E-state index < -0.39 is 11.2 Å². The lowest BCUT2D eigenvalue weighted by Gasteiger charge is -2.20.